The van der Waals surface area contributed by atoms with E-state index in [-0.39, 0.29) is 5.91 Å². The van der Waals surface area contributed by atoms with Crippen molar-refractivity contribution >= 4 is 11.9 Å². The topological polar surface area (TPSA) is 66.8 Å². The molecule has 1 N–H and O–H groups in total. The van der Waals surface area contributed by atoms with Gasteiger partial charge in [0, 0.05) is 13.1 Å². The molecule has 1 aromatic rings. The number of carbonyl (C=O) groups is 2. The van der Waals surface area contributed by atoms with E-state index < -0.39 is 18.2 Å². The molecule has 21 heavy (non-hydrogen) atoms. The molecule has 1 aliphatic rings. The maximum Gasteiger partial charge on any atom is 0.332 e. The second-order valence-corrected chi connectivity index (χ2v) is 5.27. The third kappa shape index (κ3) is 4.04. The van der Waals surface area contributed by atoms with Gasteiger partial charge in [-0.3, -0.25) is 4.79 Å². The van der Waals surface area contributed by atoms with Crippen molar-refractivity contribution < 1.29 is 19.4 Å². The molecular weight excluding hydrogens is 270 g/mol. The van der Waals surface area contributed by atoms with Crippen molar-refractivity contribution in [2.45, 2.75) is 44.9 Å². The van der Waals surface area contributed by atoms with Crippen LogP contribution in [-0.4, -0.2) is 40.6 Å². The fourth-order valence-electron chi connectivity index (χ4n) is 2.55. The fraction of sp³-hybridized carbons (Fsp3) is 0.500. The minimum absolute atomic E-state index is 0.107. The van der Waals surface area contributed by atoms with Gasteiger partial charge in [0.2, 0.25) is 0 Å². The summed E-state index contributed by atoms with van der Waals surface area (Å²) >= 11 is 0. The van der Waals surface area contributed by atoms with Gasteiger partial charge >= 0.3 is 5.97 Å². The van der Waals surface area contributed by atoms with E-state index in [4.69, 9.17) is 9.84 Å². The zero-order valence-electron chi connectivity index (χ0n) is 12.2. The van der Waals surface area contributed by atoms with E-state index in [0.29, 0.717) is 25.9 Å². The van der Waals surface area contributed by atoms with Crippen LogP contribution in [0.5, 0.6) is 0 Å². The number of ether oxygens (including phenoxy) is 1. The molecule has 0 saturated carbocycles. The molecule has 0 radical (unpaired) electrons. The lowest BCUT2D eigenvalue weighted by Crippen LogP contribution is -2.39. The second kappa shape index (κ2) is 7.22. The van der Waals surface area contributed by atoms with Crippen LogP contribution in [0.3, 0.4) is 0 Å². The summed E-state index contributed by atoms with van der Waals surface area (Å²) in [7, 11) is 0. The molecule has 0 unspecified atom stereocenters. The zero-order valence-corrected chi connectivity index (χ0v) is 12.2. The van der Waals surface area contributed by atoms with Crippen LogP contribution in [0.2, 0.25) is 0 Å². The van der Waals surface area contributed by atoms with E-state index in [1.807, 2.05) is 37.3 Å². The number of carboxylic acids is 1. The van der Waals surface area contributed by atoms with Gasteiger partial charge < -0.3 is 14.7 Å². The maximum atomic E-state index is 12.5. The number of nitrogens with zero attached hydrogens (tertiary/aromatic N) is 1. The summed E-state index contributed by atoms with van der Waals surface area (Å²) in [6.45, 7) is 3.19. The lowest BCUT2D eigenvalue weighted by atomic mass is 10.1. The van der Waals surface area contributed by atoms with Crippen LogP contribution in [-0.2, 0) is 20.9 Å². The van der Waals surface area contributed by atoms with Crippen LogP contribution in [0.15, 0.2) is 30.3 Å². The summed E-state index contributed by atoms with van der Waals surface area (Å²) in [4.78, 5) is 25.2. The normalized spacial score (nSPS) is 21.2. The maximum absolute atomic E-state index is 12.5. The third-order valence-electron chi connectivity index (χ3n) is 3.59. The first kappa shape index (κ1) is 15.5. The zero-order chi connectivity index (χ0) is 15.2. The van der Waals surface area contributed by atoms with E-state index >= 15 is 0 Å². The molecule has 0 aliphatic carbocycles. The van der Waals surface area contributed by atoms with Crippen LogP contribution in [0.1, 0.15) is 31.7 Å². The highest BCUT2D eigenvalue weighted by Crippen LogP contribution is 2.22. The lowest BCUT2D eigenvalue weighted by Gasteiger charge is -2.25. The summed E-state index contributed by atoms with van der Waals surface area (Å²) in [5.41, 5.74) is 1.06. The van der Waals surface area contributed by atoms with Gasteiger partial charge in [0.25, 0.3) is 5.91 Å². The minimum atomic E-state index is -0.990. The first-order valence-corrected chi connectivity index (χ1v) is 7.32. The molecule has 2 atom stereocenters. The fourth-order valence-corrected chi connectivity index (χ4v) is 2.55. The van der Waals surface area contributed by atoms with E-state index in [1.54, 1.807) is 4.90 Å². The third-order valence-corrected chi connectivity index (χ3v) is 3.59. The molecule has 0 bridgehead atoms. The Morgan fingerprint density at radius 3 is 2.48 bits per heavy atom. The smallest absolute Gasteiger partial charge is 0.332 e. The first-order valence-electron chi connectivity index (χ1n) is 7.32. The van der Waals surface area contributed by atoms with Crippen molar-refractivity contribution in [1.29, 1.82) is 0 Å². The molecule has 0 aromatic heterocycles. The molecule has 1 fully saturated rings. The number of amides is 1. The number of rotatable bonds is 6. The van der Waals surface area contributed by atoms with Crippen molar-refractivity contribution in [3.8, 4) is 0 Å². The largest absolute Gasteiger partial charge is 0.479 e. The van der Waals surface area contributed by atoms with Crippen LogP contribution < -0.4 is 0 Å². The molecule has 0 spiro atoms. The monoisotopic (exact) mass is 291 g/mol. The quantitative estimate of drug-likeness (QED) is 0.871. The number of hydrogen-bond donors (Lipinski definition) is 1. The van der Waals surface area contributed by atoms with Crippen molar-refractivity contribution in [2.24, 2.45) is 0 Å². The predicted octanol–water partition coefficient (Wildman–Crippen LogP) is 2.06. The van der Waals surface area contributed by atoms with Crippen molar-refractivity contribution in [2.75, 3.05) is 6.54 Å². The number of benzene rings is 1. The van der Waals surface area contributed by atoms with E-state index in [9.17, 15) is 9.59 Å². The molecule has 1 heterocycles. The summed E-state index contributed by atoms with van der Waals surface area (Å²) < 4.78 is 5.36. The van der Waals surface area contributed by atoms with Gasteiger partial charge in [-0.1, -0.05) is 37.3 Å². The highest BCUT2D eigenvalue weighted by molar-refractivity contribution is 5.82. The first-order chi connectivity index (χ1) is 10.1. The van der Waals surface area contributed by atoms with Crippen LogP contribution in [0.25, 0.3) is 0 Å². The highest BCUT2D eigenvalue weighted by Gasteiger charge is 2.36. The Balaban J connectivity index is 2.01. The van der Waals surface area contributed by atoms with Gasteiger partial charge in [0.05, 0.1) is 0 Å². The Kier molecular flexibility index (Phi) is 5.33. The minimum Gasteiger partial charge on any atom is -0.479 e. The average Bonchev–Trinajstić information content (AvgIpc) is 2.97. The predicted molar refractivity (Wildman–Crippen MR) is 77.7 cm³/mol. The van der Waals surface area contributed by atoms with Gasteiger partial charge in [-0.25, -0.2) is 4.79 Å². The summed E-state index contributed by atoms with van der Waals surface area (Å²) in [5, 5.41) is 8.94. The molecule has 1 aromatic carbocycles. The van der Waals surface area contributed by atoms with Crippen molar-refractivity contribution in [3.63, 3.8) is 0 Å². The Bertz CT molecular complexity index is 488. The van der Waals surface area contributed by atoms with Crippen LogP contribution >= 0.6 is 0 Å². The lowest BCUT2D eigenvalue weighted by molar-refractivity contribution is -0.155. The standard InChI is InChI=1S/C16H21NO4/c1-2-10-17(11-12-6-4-3-5-7-12)15(18)13-8-9-14(21-13)16(19)20/h3-7,13-14H,2,8-11H2,1H3,(H,19,20)/t13-,14+/m0/s1. The highest BCUT2D eigenvalue weighted by atomic mass is 16.5. The van der Waals surface area contributed by atoms with E-state index in [2.05, 4.69) is 0 Å². The second-order valence-electron chi connectivity index (χ2n) is 5.27. The molecule has 114 valence electrons. The van der Waals surface area contributed by atoms with E-state index in [0.717, 1.165) is 12.0 Å². The van der Waals surface area contributed by atoms with Gasteiger partial charge in [-0.2, -0.15) is 0 Å². The van der Waals surface area contributed by atoms with Crippen LogP contribution in [0, 0.1) is 0 Å². The van der Waals surface area contributed by atoms with Gasteiger partial charge in [0.15, 0.2) is 6.10 Å². The molecule has 5 nitrogen and oxygen atoms in total. The van der Waals surface area contributed by atoms with Gasteiger partial charge in [0.1, 0.15) is 6.10 Å². The Labute approximate surface area is 124 Å². The van der Waals surface area contributed by atoms with E-state index in [1.165, 1.54) is 0 Å². The molecular formula is C16H21NO4. The molecule has 2 rings (SSSR count). The molecule has 5 heteroatoms. The van der Waals surface area contributed by atoms with Gasteiger partial charge in [-0.05, 0) is 24.8 Å². The van der Waals surface area contributed by atoms with Crippen molar-refractivity contribution in [1.82, 2.24) is 4.90 Å². The Hall–Kier alpha value is -1.88. The number of carbonyl (C=O) groups excluding carboxylic acids is 1. The average molecular weight is 291 g/mol. The van der Waals surface area contributed by atoms with Crippen molar-refractivity contribution in [3.05, 3.63) is 35.9 Å². The SMILES string of the molecule is CCCN(Cc1ccccc1)C(=O)[C@@H]1CC[C@H](C(=O)O)O1. The molecule has 1 saturated heterocycles. The summed E-state index contributed by atoms with van der Waals surface area (Å²) in [6, 6.07) is 9.77. The Morgan fingerprint density at radius 2 is 1.90 bits per heavy atom. The molecule has 1 aliphatic heterocycles. The summed E-state index contributed by atoms with van der Waals surface area (Å²) in [5.74, 6) is -1.10. The number of carboxylic acid groups (broad SMARTS) is 1. The van der Waals surface area contributed by atoms with Crippen LogP contribution in [0.4, 0.5) is 0 Å². The number of aliphatic carboxylic acids is 1. The molecule has 1 amide bonds. The van der Waals surface area contributed by atoms with Gasteiger partial charge in [-0.15, -0.1) is 0 Å². The summed E-state index contributed by atoms with van der Waals surface area (Å²) in [6.07, 6.45) is 0.260. The number of hydrogen-bond acceptors (Lipinski definition) is 3. The Morgan fingerprint density at radius 1 is 1.24 bits per heavy atom.